The highest BCUT2D eigenvalue weighted by Gasteiger charge is 2.25. The first-order valence-corrected chi connectivity index (χ1v) is 8.38. The number of aliphatic hydroxyl groups excluding tert-OH is 2. The molecule has 2 amide bonds. The van der Waals surface area contributed by atoms with Gasteiger partial charge < -0.3 is 19.9 Å². The largest absolute Gasteiger partial charge is 0.459 e. The van der Waals surface area contributed by atoms with Crippen LogP contribution in [0.15, 0.2) is 47.0 Å². The van der Waals surface area contributed by atoms with Crippen molar-refractivity contribution < 1.29 is 29.4 Å². The fourth-order valence-electron chi connectivity index (χ4n) is 2.21. The molecular formula is C19H21N3O6. The molecule has 9 nitrogen and oxygen atoms in total. The molecule has 148 valence electrons. The van der Waals surface area contributed by atoms with E-state index in [1.165, 1.54) is 24.7 Å². The maximum Gasteiger partial charge on any atom is 0.268 e. The number of amides is 2. The van der Waals surface area contributed by atoms with Crippen LogP contribution in [0.1, 0.15) is 34.5 Å². The first-order chi connectivity index (χ1) is 13.4. The van der Waals surface area contributed by atoms with Crippen molar-refractivity contribution in [1.29, 1.82) is 0 Å². The van der Waals surface area contributed by atoms with Crippen LogP contribution in [0.25, 0.3) is 12.2 Å². The van der Waals surface area contributed by atoms with E-state index in [1.54, 1.807) is 42.5 Å². The number of nitrogens with one attached hydrogen (secondary N) is 2. The van der Waals surface area contributed by atoms with Gasteiger partial charge in [-0.3, -0.25) is 19.8 Å². The Morgan fingerprint density at radius 1 is 1.21 bits per heavy atom. The Labute approximate surface area is 161 Å². The van der Waals surface area contributed by atoms with Crippen LogP contribution < -0.4 is 10.8 Å². The molecule has 5 N–H and O–H groups in total. The maximum atomic E-state index is 12.2. The lowest BCUT2D eigenvalue weighted by Gasteiger charge is -2.19. The Kier molecular flexibility index (Phi) is 7.64. The molecule has 0 saturated carbocycles. The normalized spacial score (nSPS) is 13.6. The van der Waals surface area contributed by atoms with Gasteiger partial charge >= 0.3 is 0 Å². The van der Waals surface area contributed by atoms with E-state index in [2.05, 4.69) is 10.3 Å². The van der Waals surface area contributed by atoms with Crippen LogP contribution in [-0.4, -0.2) is 44.4 Å². The minimum atomic E-state index is -1.30. The lowest BCUT2D eigenvalue weighted by Crippen LogP contribution is -2.51. The predicted octanol–water partition coefficient (Wildman–Crippen LogP) is 0.878. The molecule has 0 bridgehead atoms. The van der Waals surface area contributed by atoms with Crippen LogP contribution >= 0.6 is 0 Å². The minimum Gasteiger partial charge on any atom is -0.459 e. The molecule has 0 fully saturated rings. The van der Waals surface area contributed by atoms with E-state index >= 15 is 0 Å². The van der Waals surface area contributed by atoms with Gasteiger partial charge in [0, 0.05) is 6.20 Å². The quantitative estimate of drug-likeness (QED) is 0.257. The van der Waals surface area contributed by atoms with Gasteiger partial charge in [-0.25, -0.2) is 5.48 Å². The van der Waals surface area contributed by atoms with E-state index in [1.807, 2.05) is 0 Å². The number of nitrogens with zero attached hydrogens (tertiary/aromatic N) is 1. The zero-order valence-corrected chi connectivity index (χ0v) is 15.1. The topological polar surface area (TPSA) is 145 Å². The number of allylic oxidation sites excluding steroid dienone is 2. The molecule has 0 aliphatic carbocycles. The van der Waals surface area contributed by atoms with Crippen molar-refractivity contribution in [2.24, 2.45) is 0 Å². The SMILES string of the molecule is CC(O)C(NC(=O)c1ccc(/C=C/C=C/c2ccc(CO)o2)nc1)C(=O)NO. The van der Waals surface area contributed by atoms with E-state index in [-0.39, 0.29) is 12.2 Å². The number of hydroxylamine groups is 1. The van der Waals surface area contributed by atoms with Gasteiger partial charge in [-0.2, -0.15) is 0 Å². The first kappa shape index (κ1) is 21.0. The molecule has 0 aliphatic heterocycles. The number of aliphatic hydroxyl groups is 2. The first-order valence-electron chi connectivity index (χ1n) is 8.38. The molecule has 0 aromatic carbocycles. The van der Waals surface area contributed by atoms with Gasteiger partial charge in [0.05, 0.1) is 17.4 Å². The van der Waals surface area contributed by atoms with E-state index in [9.17, 15) is 14.7 Å². The van der Waals surface area contributed by atoms with E-state index < -0.39 is 24.0 Å². The van der Waals surface area contributed by atoms with Gasteiger partial charge in [-0.05, 0) is 43.3 Å². The Bertz CT molecular complexity index is 855. The zero-order chi connectivity index (χ0) is 20.5. The average Bonchev–Trinajstić information content (AvgIpc) is 3.17. The van der Waals surface area contributed by atoms with Crippen molar-refractivity contribution in [1.82, 2.24) is 15.8 Å². The maximum absolute atomic E-state index is 12.2. The van der Waals surface area contributed by atoms with Crippen molar-refractivity contribution >= 4 is 24.0 Å². The number of furan rings is 1. The molecule has 2 atom stereocenters. The number of hydrogen-bond donors (Lipinski definition) is 5. The van der Waals surface area contributed by atoms with Crippen LogP contribution in [0.4, 0.5) is 0 Å². The number of rotatable bonds is 8. The number of carbonyl (C=O) groups excluding carboxylic acids is 2. The van der Waals surface area contributed by atoms with Gasteiger partial charge in [0.1, 0.15) is 24.2 Å². The highest BCUT2D eigenvalue weighted by Crippen LogP contribution is 2.10. The second-order valence-electron chi connectivity index (χ2n) is 5.82. The predicted molar refractivity (Wildman–Crippen MR) is 99.8 cm³/mol. The summed E-state index contributed by atoms with van der Waals surface area (Å²) in [6.07, 6.45) is 7.04. The summed E-state index contributed by atoms with van der Waals surface area (Å²) in [5.74, 6) is -0.457. The monoisotopic (exact) mass is 387 g/mol. The smallest absolute Gasteiger partial charge is 0.268 e. The van der Waals surface area contributed by atoms with Crippen LogP contribution in [0, 0.1) is 0 Å². The summed E-state index contributed by atoms with van der Waals surface area (Å²) in [4.78, 5) is 27.7. The summed E-state index contributed by atoms with van der Waals surface area (Å²) >= 11 is 0. The van der Waals surface area contributed by atoms with Crippen LogP contribution in [0.5, 0.6) is 0 Å². The van der Waals surface area contributed by atoms with Gasteiger partial charge in [-0.15, -0.1) is 0 Å². The molecule has 0 saturated heterocycles. The molecule has 2 unspecified atom stereocenters. The van der Waals surface area contributed by atoms with E-state index in [0.717, 1.165) is 0 Å². The average molecular weight is 387 g/mol. The molecule has 9 heteroatoms. The van der Waals surface area contributed by atoms with E-state index in [0.29, 0.717) is 17.2 Å². The van der Waals surface area contributed by atoms with Crippen molar-refractivity contribution in [2.45, 2.75) is 25.7 Å². The van der Waals surface area contributed by atoms with Crippen LogP contribution in [0.3, 0.4) is 0 Å². The number of carbonyl (C=O) groups is 2. The lowest BCUT2D eigenvalue weighted by molar-refractivity contribution is -0.133. The van der Waals surface area contributed by atoms with Crippen LogP contribution in [0.2, 0.25) is 0 Å². The highest BCUT2D eigenvalue weighted by atomic mass is 16.5. The van der Waals surface area contributed by atoms with Crippen LogP contribution in [-0.2, 0) is 11.4 Å². The third-order valence-corrected chi connectivity index (χ3v) is 3.69. The third-order valence-electron chi connectivity index (χ3n) is 3.69. The third kappa shape index (κ3) is 5.88. The lowest BCUT2D eigenvalue weighted by atomic mass is 10.1. The van der Waals surface area contributed by atoms with Gasteiger partial charge in [0.25, 0.3) is 11.8 Å². The fourth-order valence-corrected chi connectivity index (χ4v) is 2.21. The number of hydrogen-bond acceptors (Lipinski definition) is 7. The second-order valence-corrected chi connectivity index (χ2v) is 5.82. The number of aromatic nitrogens is 1. The molecule has 2 aromatic heterocycles. The Balaban J connectivity index is 1.96. The standard InChI is InChI=1S/C19H21N3O6/c1-12(24)17(19(26)22-27)21-18(25)13-6-7-14(20-10-13)4-2-3-5-15-8-9-16(11-23)28-15/h2-10,12,17,23-24,27H,11H2,1H3,(H,21,25)(H,22,26)/b4-2+,5-3+. The Morgan fingerprint density at radius 2 is 1.96 bits per heavy atom. The fraction of sp³-hybridized carbons (Fsp3) is 0.211. The van der Waals surface area contributed by atoms with Crippen molar-refractivity contribution in [3.8, 4) is 0 Å². The molecule has 2 heterocycles. The van der Waals surface area contributed by atoms with Gasteiger partial charge in [0.2, 0.25) is 0 Å². The Morgan fingerprint density at radius 3 is 2.54 bits per heavy atom. The van der Waals surface area contributed by atoms with Gasteiger partial charge in [-0.1, -0.05) is 12.2 Å². The second kappa shape index (κ2) is 10.2. The van der Waals surface area contributed by atoms with Crippen molar-refractivity contribution in [3.05, 3.63) is 65.4 Å². The molecule has 2 aromatic rings. The number of pyridine rings is 1. The summed E-state index contributed by atoms with van der Waals surface area (Å²) in [6.45, 7) is 1.16. The molecule has 28 heavy (non-hydrogen) atoms. The zero-order valence-electron chi connectivity index (χ0n) is 15.1. The summed E-state index contributed by atoms with van der Waals surface area (Å²) in [7, 11) is 0. The molecule has 0 spiro atoms. The minimum absolute atomic E-state index is 0.157. The molecule has 0 radical (unpaired) electrons. The molecular weight excluding hydrogens is 366 g/mol. The van der Waals surface area contributed by atoms with Gasteiger partial charge in [0.15, 0.2) is 0 Å². The highest BCUT2D eigenvalue weighted by molar-refractivity contribution is 5.97. The summed E-state index contributed by atoms with van der Waals surface area (Å²) in [6, 6.07) is 5.25. The van der Waals surface area contributed by atoms with Crippen molar-refractivity contribution in [2.75, 3.05) is 0 Å². The summed E-state index contributed by atoms with van der Waals surface area (Å²) in [5, 5.41) is 29.5. The summed E-state index contributed by atoms with van der Waals surface area (Å²) in [5.41, 5.74) is 2.18. The molecule has 2 rings (SSSR count). The van der Waals surface area contributed by atoms with E-state index in [4.69, 9.17) is 14.7 Å². The van der Waals surface area contributed by atoms with Crippen molar-refractivity contribution in [3.63, 3.8) is 0 Å². The molecule has 0 aliphatic rings. The summed E-state index contributed by atoms with van der Waals surface area (Å²) < 4.78 is 5.31. The Hall–Kier alpha value is -3.27.